The Morgan fingerprint density at radius 3 is 2.75 bits per heavy atom. The van der Waals surface area contributed by atoms with Crippen molar-refractivity contribution in [1.82, 2.24) is 10.3 Å². The van der Waals surface area contributed by atoms with Crippen molar-refractivity contribution in [2.75, 3.05) is 5.32 Å². The molecule has 1 atom stereocenters. The molecule has 0 aliphatic rings. The highest BCUT2D eigenvalue weighted by Crippen LogP contribution is 2.27. The Balaban J connectivity index is 2.24. The predicted octanol–water partition coefficient (Wildman–Crippen LogP) is 3.16. The van der Waals surface area contributed by atoms with E-state index in [1.807, 2.05) is 0 Å². The summed E-state index contributed by atoms with van der Waals surface area (Å²) in [6.07, 6.45) is 1.59. The molecule has 0 spiro atoms. The zero-order chi connectivity index (χ0) is 14.7. The first-order valence-corrected chi connectivity index (χ1v) is 6.59. The first-order chi connectivity index (χ1) is 9.49. The quantitative estimate of drug-likeness (QED) is 0.837. The van der Waals surface area contributed by atoms with Crippen molar-refractivity contribution >= 4 is 51.7 Å². The molecule has 104 valence electrons. The number of halogens is 2. The van der Waals surface area contributed by atoms with Gasteiger partial charge in [-0.1, -0.05) is 11.6 Å². The average molecular weight is 312 g/mol. The first kappa shape index (κ1) is 14.6. The minimum atomic E-state index is -0.791. The number of carbonyl (C=O) groups is 2. The molecule has 0 radical (unpaired) electrons. The molecule has 1 aromatic heterocycles. The van der Waals surface area contributed by atoms with E-state index in [2.05, 4.69) is 15.6 Å². The van der Waals surface area contributed by atoms with Crippen LogP contribution in [0.2, 0.25) is 5.02 Å². The van der Waals surface area contributed by atoms with E-state index in [0.29, 0.717) is 21.6 Å². The van der Waals surface area contributed by atoms with Crippen molar-refractivity contribution in [1.29, 1.82) is 0 Å². The summed E-state index contributed by atoms with van der Waals surface area (Å²) in [5.74, 6) is -0.574. The Hall–Kier alpha value is -1.85. The highest BCUT2D eigenvalue weighted by Gasteiger charge is 2.14. The largest absolute Gasteiger partial charge is 0.325 e. The van der Waals surface area contributed by atoms with Crippen molar-refractivity contribution < 1.29 is 9.59 Å². The summed E-state index contributed by atoms with van der Waals surface area (Å²) in [7, 11) is 0. The van der Waals surface area contributed by atoms with Gasteiger partial charge in [0.05, 0.1) is 16.2 Å². The van der Waals surface area contributed by atoms with Gasteiger partial charge in [-0.2, -0.15) is 0 Å². The summed E-state index contributed by atoms with van der Waals surface area (Å²) in [6, 6.07) is 6.13. The number of hydrogen-bond donors (Lipinski definition) is 2. The molecule has 5 nitrogen and oxygen atoms in total. The minimum absolute atomic E-state index is 0.456. The van der Waals surface area contributed by atoms with Crippen LogP contribution in [0.1, 0.15) is 6.92 Å². The second-order valence-electron chi connectivity index (χ2n) is 4.05. The van der Waals surface area contributed by atoms with Crippen LogP contribution in [0, 0.1) is 0 Å². The van der Waals surface area contributed by atoms with E-state index in [9.17, 15) is 9.59 Å². The summed E-state index contributed by atoms with van der Waals surface area (Å²) in [5, 5.41) is 5.13. The molecule has 0 aliphatic heterocycles. The third-order valence-electron chi connectivity index (χ3n) is 2.56. The molecule has 3 amide bonds. The van der Waals surface area contributed by atoms with Gasteiger partial charge < -0.3 is 5.32 Å². The van der Waals surface area contributed by atoms with Crippen LogP contribution in [-0.4, -0.2) is 22.3 Å². The van der Waals surface area contributed by atoms with E-state index in [-0.39, 0.29) is 0 Å². The highest BCUT2D eigenvalue weighted by atomic mass is 35.5. The number of amides is 3. The summed E-state index contributed by atoms with van der Waals surface area (Å²) < 4.78 is 0. The van der Waals surface area contributed by atoms with E-state index in [1.165, 1.54) is 6.92 Å². The maximum absolute atomic E-state index is 11.7. The zero-order valence-corrected chi connectivity index (χ0v) is 12.0. The Morgan fingerprint density at radius 1 is 1.30 bits per heavy atom. The molecule has 7 heteroatoms. The van der Waals surface area contributed by atoms with Crippen molar-refractivity contribution in [3.8, 4) is 0 Å². The molecule has 2 N–H and O–H groups in total. The summed E-state index contributed by atoms with van der Waals surface area (Å²) >= 11 is 11.6. The maximum atomic E-state index is 11.7. The fourth-order valence-electron chi connectivity index (χ4n) is 1.60. The highest BCUT2D eigenvalue weighted by molar-refractivity contribution is 6.36. The van der Waals surface area contributed by atoms with Crippen LogP contribution >= 0.6 is 23.2 Å². The van der Waals surface area contributed by atoms with Crippen LogP contribution in [0.5, 0.6) is 0 Å². The Morgan fingerprint density at radius 2 is 2.05 bits per heavy atom. The smallest absolute Gasteiger partial charge is 0.306 e. The number of urea groups is 1. The van der Waals surface area contributed by atoms with Crippen LogP contribution in [0.15, 0.2) is 30.5 Å². The molecule has 0 fully saturated rings. The van der Waals surface area contributed by atoms with Gasteiger partial charge >= 0.3 is 6.03 Å². The van der Waals surface area contributed by atoms with Crippen LogP contribution in [0.25, 0.3) is 10.9 Å². The molecule has 1 aromatic carbocycles. The fraction of sp³-hybridized carbons (Fsp3) is 0.154. The second kappa shape index (κ2) is 6.07. The lowest BCUT2D eigenvalue weighted by Gasteiger charge is -2.10. The average Bonchev–Trinajstić information content (AvgIpc) is 2.42. The van der Waals surface area contributed by atoms with Gasteiger partial charge in [0.1, 0.15) is 5.38 Å². The van der Waals surface area contributed by atoms with Crippen LogP contribution in [-0.2, 0) is 4.79 Å². The van der Waals surface area contributed by atoms with Crippen molar-refractivity contribution in [3.05, 3.63) is 35.5 Å². The van der Waals surface area contributed by atoms with Crippen molar-refractivity contribution in [3.63, 3.8) is 0 Å². The number of nitrogens with one attached hydrogen (secondary N) is 2. The van der Waals surface area contributed by atoms with E-state index in [0.717, 1.165) is 0 Å². The van der Waals surface area contributed by atoms with Crippen molar-refractivity contribution in [2.45, 2.75) is 12.3 Å². The Kier molecular flexibility index (Phi) is 4.42. The van der Waals surface area contributed by atoms with Gasteiger partial charge in [-0.3, -0.25) is 15.1 Å². The molecular formula is C13H11Cl2N3O2. The molecule has 2 aromatic rings. The number of aromatic nitrogens is 1. The lowest BCUT2D eigenvalue weighted by molar-refractivity contribution is -0.119. The number of pyridine rings is 1. The topological polar surface area (TPSA) is 71.1 Å². The van der Waals surface area contributed by atoms with Crippen LogP contribution in [0.4, 0.5) is 10.5 Å². The number of hydrogen-bond acceptors (Lipinski definition) is 3. The van der Waals surface area contributed by atoms with Gasteiger partial charge in [-0.25, -0.2) is 4.79 Å². The lowest BCUT2D eigenvalue weighted by Crippen LogP contribution is -2.38. The molecule has 20 heavy (non-hydrogen) atoms. The molecule has 0 bridgehead atoms. The Bertz CT molecular complexity index is 674. The molecule has 1 unspecified atom stereocenters. The maximum Gasteiger partial charge on any atom is 0.325 e. The number of fused-ring (bicyclic) bond motifs is 1. The number of benzene rings is 1. The molecule has 0 saturated carbocycles. The number of rotatable bonds is 2. The Labute approximate surface area is 125 Å². The standard InChI is InChI=1S/C13H11Cl2N3O2/c1-7(14)12(19)18-13(20)17-10-5-4-9(15)8-3-2-6-16-11(8)10/h2-7H,1H3,(H2,17,18,19,20). The van der Waals surface area contributed by atoms with E-state index >= 15 is 0 Å². The molecular weight excluding hydrogens is 301 g/mol. The molecule has 1 heterocycles. The summed E-state index contributed by atoms with van der Waals surface area (Å²) in [4.78, 5) is 27.2. The number of imide groups is 1. The van der Waals surface area contributed by atoms with E-state index < -0.39 is 17.3 Å². The number of carbonyl (C=O) groups excluding carboxylic acids is 2. The van der Waals surface area contributed by atoms with Gasteiger partial charge in [0.25, 0.3) is 0 Å². The fourth-order valence-corrected chi connectivity index (χ4v) is 1.87. The lowest BCUT2D eigenvalue weighted by atomic mass is 10.2. The number of alkyl halides is 1. The van der Waals surface area contributed by atoms with Crippen LogP contribution < -0.4 is 10.6 Å². The van der Waals surface area contributed by atoms with E-state index in [1.54, 1.807) is 30.5 Å². The third-order valence-corrected chi connectivity index (χ3v) is 3.09. The van der Waals surface area contributed by atoms with Gasteiger partial charge in [0, 0.05) is 11.6 Å². The zero-order valence-electron chi connectivity index (χ0n) is 10.5. The number of nitrogens with zero attached hydrogens (tertiary/aromatic N) is 1. The monoisotopic (exact) mass is 311 g/mol. The minimum Gasteiger partial charge on any atom is -0.306 e. The SMILES string of the molecule is CC(Cl)C(=O)NC(=O)Nc1ccc(Cl)c2cccnc12. The molecule has 0 saturated heterocycles. The first-order valence-electron chi connectivity index (χ1n) is 5.78. The third kappa shape index (κ3) is 3.18. The van der Waals surface area contributed by atoms with E-state index in [4.69, 9.17) is 23.2 Å². The molecule has 0 aliphatic carbocycles. The van der Waals surface area contributed by atoms with Gasteiger partial charge in [0.2, 0.25) is 5.91 Å². The van der Waals surface area contributed by atoms with Crippen LogP contribution in [0.3, 0.4) is 0 Å². The normalized spacial score (nSPS) is 11.9. The summed E-state index contributed by atoms with van der Waals surface area (Å²) in [6.45, 7) is 1.48. The van der Waals surface area contributed by atoms with Crippen molar-refractivity contribution in [2.24, 2.45) is 0 Å². The van der Waals surface area contributed by atoms with Gasteiger partial charge in [0.15, 0.2) is 0 Å². The molecule has 2 rings (SSSR count). The predicted molar refractivity (Wildman–Crippen MR) is 79.2 cm³/mol. The van der Waals surface area contributed by atoms with Gasteiger partial charge in [-0.05, 0) is 31.2 Å². The van der Waals surface area contributed by atoms with Gasteiger partial charge in [-0.15, -0.1) is 11.6 Å². The summed E-state index contributed by atoms with van der Waals surface area (Å²) in [5.41, 5.74) is 0.999. The second-order valence-corrected chi connectivity index (χ2v) is 5.12. The number of anilines is 1.